The summed E-state index contributed by atoms with van der Waals surface area (Å²) in [6, 6.07) is 14.2. The van der Waals surface area contributed by atoms with Crippen LogP contribution in [0.2, 0.25) is 5.02 Å². The minimum atomic E-state index is -0.489. The van der Waals surface area contributed by atoms with Gasteiger partial charge in [0, 0.05) is 40.8 Å². The number of rotatable bonds is 6. The molecule has 0 aliphatic carbocycles. The summed E-state index contributed by atoms with van der Waals surface area (Å²) < 4.78 is 14.1. The SMILES string of the molecule is NC(c1ccc(C(=O)Nc2ccncc2)cc1)C1CCCN1C(=O)Cc1c(F)cccc1Cl. The molecule has 1 fully saturated rings. The van der Waals surface area contributed by atoms with Crippen molar-refractivity contribution in [1.82, 2.24) is 9.88 Å². The highest BCUT2D eigenvalue weighted by atomic mass is 35.5. The maximum atomic E-state index is 14.1. The number of benzene rings is 2. The van der Waals surface area contributed by atoms with E-state index in [1.807, 2.05) is 0 Å². The number of hydrogen-bond donors (Lipinski definition) is 2. The summed E-state index contributed by atoms with van der Waals surface area (Å²) in [7, 11) is 0. The van der Waals surface area contributed by atoms with Crippen LogP contribution in [0.4, 0.5) is 10.1 Å². The van der Waals surface area contributed by atoms with Crippen LogP contribution in [-0.2, 0) is 11.2 Å². The summed E-state index contributed by atoms with van der Waals surface area (Å²) in [6.45, 7) is 0.565. The molecule has 3 aromatic rings. The first-order valence-corrected chi connectivity index (χ1v) is 11.1. The standard InChI is InChI=1S/C25H24ClFN4O2/c26-20-3-1-4-21(27)19(20)15-23(32)31-14-2-5-22(31)24(28)16-6-8-17(9-7-16)25(33)30-18-10-12-29-13-11-18/h1,3-4,6-13,22,24H,2,5,14-15,28H2,(H,29,30,33). The van der Waals surface area contributed by atoms with Crippen LogP contribution in [0.1, 0.15) is 40.4 Å². The fourth-order valence-corrected chi connectivity index (χ4v) is 4.38. The number of likely N-dealkylation sites (tertiary alicyclic amines) is 1. The topological polar surface area (TPSA) is 88.3 Å². The first kappa shape index (κ1) is 22.9. The second-order valence-electron chi connectivity index (χ2n) is 8.01. The van der Waals surface area contributed by atoms with Crippen LogP contribution in [0.15, 0.2) is 67.0 Å². The van der Waals surface area contributed by atoms with Gasteiger partial charge < -0.3 is 16.0 Å². The van der Waals surface area contributed by atoms with Gasteiger partial charge in [-0.15, -0.1) is 0 Å². The lowest BCUT2D eigenvalue weighted by atomic mass is 9.96. The quantitative estimate of drug-likeness (QED) is 0.565. The Bertz CT molecular complexity index is 1120. The average molecular weight is 467 g/mol. The van der Waals surface area contributed by atoms with Gasteiger partial charge >= 0.3 is 0 Å². The Morgan fingerprint density at radius 2 is 1.88 bits per heavy atom. The predicted octanol–water partition coefficient (Wildman–Crippen LogP) is 4.36. The number of carbonyl (C=O) groups excluding carboxylic acids is 2. The van der Waals surface area contributed by atoms with Crippen LogP contribution in [0.5, 0.6) is 0 Å². The Morgan fingerprint density at radius 3 is 2.58 bits per heavy atom. The molecule has 2 heterocycles. The second-order valence-corrected chi connectivity index (χ2v) is 8.42. The number of anilines is 1. The number of nitrogens with one attached hydrogen (secondary N) is 1. The van der Waals surface area contributed by atoms with Gasteiger partial charge in [0.2, 0.25) is 5.91 Å². The van der Waals surface area contributed by atoms with E-state index in [0.29, 0.717) is 17.8 Å². The van der Waals surface area contributed by atoms with Gasteiger partial charge in [0.25, 0.3) is 5.91 Å². The Hall–Kier alpha value is -3.29. The van der Waals surface area contributed by atoms with Crippen LogP contribution in [0.25, 0.3) is 0 Å². The lowest BCUT2D eigenvalue weighted by Gasteiger charge is -2.30. The molecule has 6 nitrogen and oxygen atoms in total. The van der Waals surface area contributed by atoms with Gasteiger partial charge in [0.05, 0.1) is 18.5 Å². The molecule has 170 valence electrons. The van der Waals surface area contributed by atoms with Crippen LogP contribution in [0.3, 0.4) is 0 Å². The van der Waals surface area contributed by atoms with E-state index in [-0.39, 0.29) is 34.9 Å². The number of carbonyl (C=O) groups is 2. The molecule has 8 heteroatoms. The maximum Gasteiger partial charge on any atom is 0.255 e. The highest BCUT2D eigenvalue weighted by Gasteiger charge is 2.34. The van der Waals surface area contributed by atoms with Crippen molar-refractivity contribution in [2.24, 2.45) is 5.73 Å². The molecular formula is C25H24ClFN4O2. The van der Waals surface area contributed by atoms with Crippen molar-refractivity contribution in [1.29, 1.82) is 0 Å². The first-order valence-electron chi connectivity index (χ1n) is 10.7. The summed E-state index contributed by atoms with van der Waals surface area (Å²) in [4.78, 5) is 31.1. The second kappa shape index (κ2) is 10.1. The van der Waals surface area contributed by atoms with Gasteiger partial charge in [-0.25, -0.2) is 4.39 Å². The van der Waals surface area contributed by atoms with E-state index in [0.717, 1.165) is 18.4 Å². The molecule has 3 N–H and O–H groups in total. The van der Waals surface area contributed by atoms with E-state index < -0.39 is 11.9 Å². The van der Waals surface area contributed by atoms with Crippen LogP contribution in [-0.4, -0.2) is 34.3 Å². The Balaban J connectivity index is 1.44. The predicted molar refractivity (Wildman–Crippen MR) is 125 cm³/mol. The number of hydrogen-bond acceptors (Lipinski definition) is 4. The molecule has 2 aromatic carbocycles. The van der Waals surface area contributed by atoms with Gasteiger partial charge in [0.1, 0.15) is 5.82 Å². The van der Waals surface area contributed by atoms with E-state index in [4.69, 9.17) is 17.3 Å². The molecule has 0 saturated carbocycles. The monoisotopic (exact) mass is 466 g/mol. The van der Waals surface area contributed by atoms with Crippen LogP contribution < -0.4 is 11.1 Å². The van der Waals surface area contributed by atoms with Gasteiger partial charge in [-0.3, -0.25) is 14.6 Å². The van der Waals surface area contributed by atoms with Crippen molar-refractivity contribution in [3.05, 3.63) is 94.5 Å². The van der Waals surface area contributed by atoms with Crippen molar-refractivity contribution >= 4 is 29.1 Å². The molecule has 0 spiro atoms. The number of nitrogens with zero attached hydrogens (tertiary/aromatic N) is 2. The number of nitrogens with two attached hydrogens (primary N) is 1. The molecule has 4 rings (SSSR count). The number of halogens is 2. The maximum absolute atomic E-state index is 14.1. The van der Waals surface area contributed by atoms with Crippen molar-refractivity contribution in [2.45, 2.75) is 31.3 Å². The zero-order valence-corrected chi connectivity index (χ0v) is 18.6. The van der Waals surface area contributed by atoms with Gasteiger partial charge in [0.15, 0.2) is 0 Å². The molecule has 33 heavy (non-hydrogen) atoms. The van der Waals surface area contributed by atoms with Gasteiger partial charge in [-0.1, -0.05) is 29.8 Å². The zero-order valence-electron chi connectivity index (χ0n) is 17.9. The summed E-state index contributed by atoms with van der Waals surface area (Å²) in [6.07, 6.45) is 4.67. The molecule has 2 amide bonds. The van der Waals surface area contributed by atoms with Gasteiger partial charge in [-0.05, 0) is 54.8 Å². The molecular weight excluding hydrogens is 443 g/mol. The number of aromatic nitrogens is 1. The summed E-state index contributed by atoms with van der Waals surface area (Å²) >= 11 is 6.10. The summed E-state index contributed by atoms with van der Waals surface area (Å²) in [5.41, 5.74) is 8.71. The summed E-state index contributed by atoms with van der Waals surface area (Å²) in [5, 5.41) is 3.05. The lowest BCUT2D eigenvalue weighted by Crippen LogP contribution is -2.42. The van der Waals surface area contributed by atoms with E-state index in [9.17, 15) is 14.0 Å². The highest BCUT2D eigenvalue weighted by Crippen LogP contribution is 2.30. The van der Waals surface area contributed by atoms with Crippen LogP contribution in [0, 0.1) is 5.82 Å². The van der Waals surface area contributed by atoms with E-state index in [1.54, 1.807) is 59.8 Å². The van der Waals surface area contributed by atoms with E-state index in [2.05, 4.69) is 10.3 Å². The molecule has 2 atom stereocenters. The van der Waals surface area contributed by atoms with Crippen molar-refractivity contribution in [3.63, 3.8) is 0 Å². The first-order chi connectivity index (χ1) is 15.9. The fraction of sp³-hybridized carbons (Fsp3) is 0.240. The third-order valence-electron chi connectivity index (χ3n) is 5.92. The third kappa shape index (κ3) is 5.21. The van der Waals surface area contributed by atoms with Gasteiger partial charge in [-0.2, -0.15) is 0 Å². The largest absolute Gasteiger partial charge is 0.338 e. The fourth-order valence-electron chi connectivity index (χ4n) is 4.15. The molecule has 1 saturated heterocycles. The van der Waals surface area contributed by atoms with Crippen LogP contribution >= 0.6 is 11.6 Å². The zero-order chi connectivity index (χ0) is 23.4. The third-order valence-corrected chi connectivity index (χ3v) is 6.27. The Morgan fingerprint density at radius 1 is 1.15 bits per heavy atom. The van der Waals surface area contributed by atoms with Crippen molar-refractivity contribution in [2.75, 3.05) is 11.9 Å². The van der Waals surface area contributed by atoms with Crippen molar-refractivity contribution in [3.8, 4) is 0 Å². The summed E-state index contributed by atoms with van der Waals surface area (Å²) in [5.74, 6) is -0.925. The van der Waals surface area contributed by atoms with E-state index in [1.165, 1.54) is 12.1 Å². The number of amides is 2. The minimum Gasteiger partial charge on any atom is -0.338 e. The molecule has 0 radical (unpaired) electrons. The van der Waals surface area contributed by atoms with E-state index >= 15 is 0 Å². The normalized spacial score (nSPS) is 16.5. The average Bonchev–Trinajstić information content (AvgIpc) is 3.32. The molecule has 1 aliphatic rings. The molecule has 2 unspecified atom stereocenters. The number of pyridine rings is 1. The Kier molecular flexibility index (Phi) is 7.01. The molecule has 0 bridgehead atoms. The molecule has 1 aliphatic heterocycles. The molecule has 1 aromatic heterocycles. The smallest absolute Gasteiger partial charge is 0.255 e. The van der Waals surface area contributed by atoms with Crippen molar-refractivity contribution < 1.29 is 14.0 Å². The highest BCUT2D eigenvalue weighted by molar-refractivity contribution is 6.31. The lowest BCUT2D eigenvalue weighted by molar-refractivity contribution is -0.131. The minimum absolute atomic E-state index is 0.108. The Labute approximate surface area is 196 Å².